The summed E-state index contributed by atoms with van der Waals surface area (Å²) in [5, 5.41) is 23.2. The van der Waals surface area contributed by atoms with Gasteiger partial charge in [0.25, 0.3) is 0 Å². The minimum absolute atomic E-state index is 0.000736. The molecule has 1 aromatic carbocycles. The molecule has 0 radical (unpaired) electrons. The Morgan fingerprint density at radius 1 is 1.42 bits per heavy atom. The van der Waals surface area contributed by atoms with E-state index in [0.717, 1.165) is 11.3 Å². The highest BCUT2D eigenvalue weighted by atomic mass is 16.4. The van der Waals surface area contributed by atoms with Crippen molar-refractivity contribution in [3.8, 4) is 0 Å². The number of benzene rings is 1. The first-order chi connectivity index (χ1) is 9.11. The van der Waals surface area contributed by atoms with Crippen molar-refractivity contribution in [2.75, 3.05) is 11.9 Å². The van der Waals surface area contributed by atoms with E-state index in [1.807, 2.05) is 24.3 Å². The molecule has 4 N–H and O–H groups in total. The maximum atomic E-state index is 12.0. The van der Waals surface area contributed by atoms with Crippen LogP contribution in [-0.2, 0) is 16.0 Å². The van der Waals surface area contributed by atoms with Crippen molar-refractivity contribution < 1.29 is 19.8 Å². The van der Waals surface area contributed by atoms with Gasteiger partial charge in [0.05, 0.1) is 0 Å². The van der Waals surface area contributed by atoms with Gasteiger partial charge in [-0.25, -0.2) is 4.79 Å². The molecule has 19 heavy (non-hydrogen) atoms. The largest absolute Gasteiger partial charge is 0.480 e. The average Bonchev–Trinajstić information content (AvgIpc) is 2.81. The van der Waals surface area contributed by atoms with Crippen molar-refractivity contribution >= 4 is 17.6 Å². The molecule has 1 aromatic rings. The monoisotopic (exact) mass is 264 g/mol. The molecule has 1 heterocycles. The maximum Gasteiger partial charge on any atom is 0.326 e. The molecule has 0 bridgehead atoms. The highest BCUT2D eigenvalue weighted by Gasteiger charge is 2.29. The number of carbonyl (C=O) groups excluding carboxylic acids is 1. The summed E-state index contributed by atoms with van der Waals surface area (Å²) in [7, 11) is 0. The quantitative estimate of drug-likeness (QED) is 0.599. The molecule has 0 aromatic heterocycles. The summed E-state index contributed by atoms with van der Waals surface area (Å²) < 4.78 is 0. The second-order valence-electron chi connectivity index (χ2n) is 4.47. The van der Waals surface area contributed by atoms with Crippen LogP contribution in [0.2, 0.25) is 0 Å². The molecular weight excluding hydrogens is 248 g/mol. The van der Waals surface area contributed by atoms with E-state index in [9.17, 15) is 9.59 Å². The lowest BCUT2D eigenvalue weighted by Gasteiger charge is -2.17. The van der Waals surface area contributed by atoms with Gasteiger partial charge >= 0.3 is 5.97 Å². The van der Waals surface area contributed by atoms with Gasteiger partial charge in [0.2, 0.25) is 5.91 Å². The molecule has 1 aliphatic rings. The van der Waals surface area contributed by atoms with Gasteiger partial charge in [-0.15, -0.1) is 0 Å². The molecule has 2 rings (SSSR count). The first-order valence-corrected chi connectivity index (χ1v) is 6.10. The Kier molecular flexibility index (Phi) is 4.01. The fourth-order valence-corrected chi connectivity index (χ4v) is 2.11. The van der Waals surface area contributed by atoms with Crippen LogP contribution in [0.3, 0.4) is 0 Å². The van der Waals surface area contributed by atoms with Crippen LogP contribution in [0.15, 0.2) is 24.3 Å². The van der Waals surface area contributed by atoms with Crippen LogP contribution in [0.25, 0.3) is 0 Å². The van der Waals surface area contributed by atoms with Crippen LogP contribution in [0, 0.1) is 0 Å². The Balaban J connectivity index is 1.97. The highest BCUT2D eigenvalue weighted by molar-refractivity contribution is 5.90. The van der Waals surface area contributed by atoms with E-state index < -0.39 is 18.1 Å². The van der Waals surface area contributed by atoms with Gasteiger partial charge in [-0.05, 0) is 11.6 Å². The van der Waals surface area contributed by atoms with Crippen LogP contribution in [0.1, 0.15) is 12.0 Å². The molecule has 1 unspecified atom stereocenters. The third-order valence-corrected chi connectivity index (χ3v) is 3.12. The Morgan fingerprint density at radius 3 is 2.79 bits per heavy atom. The number of aliphatic hydroxyl groups excluding tert-OH is 1. The number of para-hydroxylation sites is 1. The van der Waals surface area contributed by atoms with Crippen LogP contribution >= 0.6 is 0 Å². The van der Waals surface area contributed by atoms with Gasteiger partial charge in [-0.1, -0.05) is 18.2 Å². The van der Waals surface area contributed by atoms with Crippen LogP contribution < -0.4 is 10.6 Å². The number of anilines is 1. The summed E-state index contributed by atoms with van der Waals surface area (Å²) in [6.07, 6.45) is 0.536. The van der Waals surface area contributed by atoms with Crippen molar-refractivity contribution in [3.05, 3.63) is 29.8 Å². The molecule has 1 amide bonds. The summed E-state index contributed by atoms with van der Waals surface area (Å²) >= 11 is 0. The average molecular weight is 264 g/mol. The van der Waals surface area contributed by atoms with E-state index in [-0.39, 0.29) is 18.9 Å². The number of carboxylic acids is 1. The Bertz CT molecular complexity index is 464. The topological polar surface area (TPSA) is 98.7 Å². The zero-order chi connectivity index (χ0) is 13.8. The predicted octanol–water partition coefficient (Wildman–Crippen LogP) is -0.0250. The smallest absolute Gasteiger partial charge is 0.326 e. The number of aliphatic hydroxyl groups is 1. The summed E-state index contributed by atoms with van der Waals surface area (Å²) in [5.41, 5.74) is 1.94. The zero-order valence-corrected chi connectivity index (χ0v) is 10.3. The van der Waals surface area contributed by atoms with Crippen molar-refractivity contribution in [3.63, 3.8) is 0 Å². The maximum absolute atomic E-state index is 12.0. The molecule has 0 fully saturated rings. The molecule has 0 aliphatic carbocycles. The molecular formula is C13H16N2O4. The van der Waals surface area contributed by atoms with E-state index in [0.29, 0.717) is 6.42 Å². The van der Waals surface area contributed by atoms with Crippen LogP contribution in [0.4, 0.5) is 5.69 Å². The van der Waals surface area contributed by atoms with Crippen molar-refractivity contribution in [1.29, 1.82) is 0 Å². The number of amides is 1. The Morgan fingerprint density at radius 2 is 2.16 bits per heavy atom. The number of rotatable bonds is 5. The molecule has 102 valence electrons. The van der Waals surface area contributed by atoms with E-state index in [1.165, 1.54) is 0 Å². The minimum Gasteiger partial charge on any atom is -0.480 e. The lowest BCUT2D eigenvalue weighted by atomic mass is 10.1. The highest BCUT2D eigenvalue weighted by Crippen LogP contribution is 2.25. The molecule has 6 heteroatoms. The second kappa shape index (κ2) is 5.71. The fraction of sp³-hybridized carbons (Fsp3) is 0.385. The number of aliphatic carboxylic acids is 1. The number of hydrogen-bond acceptors (Lipinski definition) is 4. The van der Waals surface area contributed by atoms with E-state index >= 15 is 0 Å². The Hall–Kier alpha value is -2.08. The van der Waals surface area contributed by atoms with Crippen LogP contribution in [0.5, 0.6) is 0 Å². The summed E-state index contributed by atoms with van der Waals surface area (Å²) in [5.74, 6) is -1.50. The van der Waals surface area contributed by atoms with Gasteiger partial charge in [-0.3, -0.25) is 4.79 Å². The molecule has 0 saturated carbocycles. The number of hydrogen-bond donors (Lipinski definition) is 4. The normalized spacial score (nSPS) is 18.3. The molecule has 2 atom stereocenters. The van der Waals surface area contributed by atoms with Gasteiger partial charge in [0, 0.05) is 25.1 Å². The lowest BCUT2D eigenvalue weighted by molar-refractivity contribution is -0.142. The third kappa shape index (κ3) is 3.03. The lowest BCUT2D eigenvalue weighted by Crippen LogP contribution is -2.47. The number of nitrogens with one attached hydrogen (secondary N) is 2. The second-order valence-corrected chi connectivity index (χ2v) is 4.47. The third-order valence-electron chi connectivity index (χ3n) is 3.12. The SMILES string of the molecule is O=C(N[C@@H](CCO)C(=O)O)C1Cc2ccccc2N1. The van der Waals surface area contributed by atoms with E-state index in [1.54, 1.807) is 0 Å². The Labute approximate surface area is 110 Å². The standard InChI is InChI=1S/C13H16N2O4/c16-6-5-10(13(18)19)15-12(17)11-7-8-3-1-2-4-9(8)14-11/h1-4,10-11,14,16H,5-7H2,(H,15,17)(H,18,19)/t10-,11?/m0/s1. The van der Waals surface area contributed by atoms with Gasteiger partial charge in [0.1, 0.15) is 12.1 Å². The zero-order valence-electron chi connectivity index (χ0n) is 10.3. The summed E-state index contributed by atoms with van der Waals surface area (Å²) in [4.78, 5) is 22.9. The minimum atomic E-state index is -1.14. The van der Waals surface area contributed by atoms with Crippen molar-refractivity contribution in [2.45, 2.75) is 24.9 Å². The molecule has 1 aliphatic heterocycles. The molecule has 0 spiro atoms. The van der Waals surface area contributed by atoms with Gasteiger partial charge < -0.3 is 20.8 Å². The molecule has 0 saturated heterocycles. The van der Waals surface area contributed by atoms with Gasteiger partial charge in [0.15, 0.2) is 0 Å². The van der Waals surface area contributed by atoms with Crippen LogP contribution in [-0.4, -0.2) is 40.8 Å². The van der Waals surface area contributed by atoms with E-state index in [2.05, 4.69) is 10.6 Å². The van der Waals surface area contributed by atoms with Crippen molar-refractivity contribution in [1.82, 2.24) is 5.32 Å². The summed E-state index contributed by atoms with van der Waals surface area (Å²) in [6, 6.07) is 6.06. The van der Waals surface area contributed by atoms with Crippen molar-refractivity contribution in [2.24, 2.45) is 0 Å². The number of fused-ring (bicyclic) bond motifs is 1. The number of carbonyl (C=O) groups is 2. The van der Waals surface area contributed by atoms with Gasteiger partial charge in [-0.2, -0.15) is 0 Å². The molecule has 6 nitrogen and oxygen atoms in total. The summed E-state index contributed by atoms with van der Waals surface area (Å²) in [6.45, 7) is -0.282. The van der Waals surface area contributed by atoms with E-state index in [4.69, 9.17) is 10.2 Å². The fourth-order valence-electron chi connectivity index (χ4n) is 2.11. The first-order valence-electron chi connectivity index (χ1n) is 6.10. The number of carboxylic acid groups (broad SMARTS) is 1. The predicted molar refractivity (Wildman–Crippen MR) is 68.8 cm³/mol. The first kappa shape index (κ1) is 13.4.